The Morgan fingerprint density at radius 3 is 2.25 bits per heavy atom. The van der Waals surface area contributed by atoms with Gasteiger partial charge in [-0.15, -0.1) is 0 Å². The average molecular weight is 388 g/mol. The number of amides is 3. The third-order valence-electron chi connectivity index (χ3n) is 6.89. The third-order valence-corrected chi connectivity index (χ3v) is 6.89. The van der Waals surface area contributed by atoms with E-state index in [0.717, 1.165) is 51.1 Å². The molecule has 3 aliphatic rings. The van der Waals surface area contributed by atoms with Crippen molar-refractivity contribution in [3.05, 3.63) is 30.1 Å². The smallest absolute Gasteiger partial charge is 0.326 e. The van der Waals surface area contributed by atoms with Crippen LogP contribution in [0.2, 0.25) is 0 Å². The predicted octanol–water partition coefficient (Wildman–Crippen LogP) is 2.65. The Labute approximate surface area is 165 Å². The van der Waals surface area contributed by atoms with Crippen molar-refractivity contribution < 1.29 is 14.0 Å². The molecule has 0 aromatic heterocycles. The molecule has 7 heteroatoms. The molecule has 0 radical (unpaired) electrons. The molecule has 1 aliphatic carbocycles. The lowest BCUT2D eigenvalue weighted by Gasteiger charge is -2.42. The summed E-state index contributed by atoms with van der Waals surface area (Å²) in [7, 11) is 0. The highest BCUT2D eigenvalue weighted by Crippen LogP contribution is 2.42. The maximum Gasteiger partial charge on any atom is 0.326 e. The van der Waals surface area contributed by atoms with Crippen molar-refractivity contribution in [3.8, 4) is 0 Å². The monoisotopic (exact) mass is 388 g/mol. The van der Waals surface area contributed by atoms with Crippen LogP contribution in [0, 0.1) is 17.7 Å². The van der Waals surface area contributed by atoms with Gasteiger partial charge in [-0.1, -0.05) is 20.3 Å². The molecule has 28 heavy (non-hydrogen) atoms. The zero-order chi connectivity index (χ0) is 19.9. The van der Waals surface area contributed by atoms with E-state index in [1.165, 1.54) is 17.0 Å². The number of hydrogen-bond acceptors (Lipinski definition) is 4. The first-order chi connectivity index (χ1) is 13.4. The maximum absolute atomic E-state index is 13.3. The Hall–Kier alpha value is -2.15. The number of nitrogens with zero attached hydrogens (tertiary/aromatic N) is 3. The minimum Gasteiger partial charge on any atom is -0.369 e. The van der Waals surface area contributed by atoms with E-state index in [1.54, 1.807) is 12.1 Å². The van der Waals surface area contributed by atoms with Crippen molar-refractivity contribution in [3.63, 3.8) is 0 Å². The largest absolute Gasteiger partial charge is 0.369 e. The average Bonchev–Trinajstić information content (AvgIpc) is 2.93. The summed E-state index contributed by atoms with van der Waals surface area (Å²) in [4.78, 5) is 31.7. The Kier molecular flexibility index (Phi) is 5.04. The van der Waals surface area contributed by atoms with Gasteiger partial charge in [-0.05, 0) is 48.9 Å². The van der Waals surface area contributed by atoms with Gasteiger partial charge in [0.15, 0.2) is 0 Å². The van der Waals surface area contributed by atoms with Crippen molar-refractivity contribution >= 4 is 17.6 Å². The number of anilines is 1. The number of hydrogen-bond donors (Lipinski definition) is 1. The standard InChI is InChI=1S/C21H29FN4O2/c1-15-4-3-5-16(2)21(15)19(27)26(20(28)23-21)14-24-10-12-25(13-11-24)18-8-6-17(22)7-9-18/h6-9,15-16H,3-5,10-14H2,1-2H3,(H,23,28). The highest BCUT2D eigenvalue weighted by Gasteiger charge is 2.58. The number of nitrogens with one attached hydrogen (secondary N) is 1. The topological polar surface area (TPSA) is 55.9 Å². The molecule has 2 aliphatic heterocycles. The van der Waals surface area contributed by atoms with Gasteiger partial charge in [0.05, 0.1) is 6.67 Å². The molecule has 3 amide bonds. The molecule has 2 saturated heterocycles. The van der Waals surface area contributed by atoms with E-state index in [-0.39, 0.29) is 29.6 Å². The van der Waals surface area contributed by atoms with E-state index in [1.807, 2.05) is 0 Å². The minimum absolute atomic E-state index is 0.0573. The van der Waals surface area contributed by atoms with Gasteiger partial charge in [-0.25, -0.2) is 14.1 Å². The van der Waals surface area contributed by atoms with E-state index in [0.29, 0.717) is 6.67 Å². The Morgan fingerprint density at radius 2 is 1.64 bits per heavy atom. The minimum atomic E-state index is -0.731. The van der Waals surface area contributed by atoms with Crippen LogP contribution >= 0.6 is 0 Å². The van der Waals surface area contributed by atoms with Gasteiger partial charge in [0.25, 0.3) is 5.91 Å². The lowest BCUT2D eigenvalue weighted by Crippen LogP contribution is -2.59. The van der Waals surface area contributed by atoms with Crippen LogP contribution in [0.1, 0.15) is 33.1 Å². The summed E-state index contributed by atoms with van der Waals surface area (Å²) in [6.07, 6.45) is 3.06. The summed E-state index contributed by atoms with van der Waals surface area (Å²) >= 11 is 0. The first-order valence-corrected chi connectivity index (χ1v) is 10.3. The van der Waals surface area contributed by atoms with Crippen molar-refractivity contribution in [1.29, 1.82) is 0 Å². The molecule has 2 unspecified atom stereocenters. The third kappa shape index (κ3) is 3.15. The fraction of sp³-hybridized carbons (Fsp3) is 0.619. The van der Waals surface area contributed by atoms with Gasteiger partial charge < -0.3 is 10.2 Å². The highest BCUT2D eigenvalue weighted by molar-refractivity contribution is 6.07. The summed E-state index contributed by atoms with van der Waals surface area (Å²) in [5.74, 6) is 0.0280. The van der Waals surface area contributed by atoms with Crippen molar-refractivity contribution in [2.45, 2.75) is 38.6 Å². The van der Waals surface area contributed by atoms with Gasteiger partial charge in [-0.2, -0.15) is 0 Å². The van der Waals surface area contributed by atoms with Crippen LogP contribution in [-0.2, 0) is 4.79 Å². The molecule has 4 rings (SSSR count). The molecule has 0 bridgehead atoms. The molecule has 1 N–H and O–H groups in total. The van der Waals surface area contributed by atoms with Gasteiger partial charge in [0, 0.05) is 31.9 Å². The first-order valence-electron chi connectivity index (χ1n) is 10.3. The summed E-state index contributed by atoms with van der Waals surface area (Å²) in [6, 6.07) is 6.27. The molecule has 2 heterocycles. The lowest BCUT2D eigenvalue weighted by atomic mass is 9.67. The molecule has 6 nitrogen and oxygen atoms in total. The molecule has 2 atom stereocenters. The van der Waals surface area contributed by atoms with Crippen molar-refractivity contribution in [2.75, 3.05) is 37.7 Å². The second-order valence-electron chi connectivity index (χ2n) is 8.49. The van der Waals surface area contributed by atoms with Crippen LogP contribution in [0.25, 0.3) is 0 Å². The quantitative estimate of drug-likeness (QED) is 0.809. The lowest BCUT2D eigenvalue weighted by molar-refractivity contribution is -0.138. The second-order valence-corrected chi connectivity index (χ2v) is 8.49. The number of carbonyl (C=O) groups is 2. The van der Waals surface area contributed by atoms with Gasteiger partial charge >= 0.3 is 6.03 Å². The number of piperazine rings is 1. The molecular weight excluding hydrogens is 359 g/mol. The Bertz CT molecular complexity index is 735. The van der Waals surface area contributed by atoms with Crippen LogP contribution in [0.3, 0.4) is 0 Å². The van der Waals surface area contributed by atoms with Gasteiger partial charge in [0.2, 0.25) is 0 Å². The molecule has 152 valence electrons. The molecule has 1 aromatic carbocycles. The normalized spacial score (nSPS) is 31.5. The molecule has 1 saturated carbocycles. The van der Waals surface area contributed by atoms with E-state index < -0.39 is 5.54 Å². The van der Waals surface area contributed by atoms with Gasteiger partial charge in [0.1, 0.15) is 11.4 Å². The van der Waals surface area contributed by atoms with Crippen LogP contribution in [0.15, 0.2) is 24.3 Å². The maximum atomic E-state index is 13.3. The summed E-state index contributed by atoms with van der Waals surface area (Å²) in [5.41, 5.74) is 0.269. The molecule has 3 fully saturated rings. The van der Waals surface area contributed by atoms with Crippen LogP contribution in [-0.4, -0.2) is 60.1 Å². The van der Waals surface area contributed by atoms with Crippen molar-refractivity contribution in [2.24, 2.45) is 11.8 Å². The Morgan fingerprint density at radius 1 is 1.04 bits per heavy atom. The number of benzene rings is 1. The van der Waals surface area contributed by atoms with E-state index >= 15 is 0 Å². The SMILES string of the molecule is CC1CCCC(C)C12NC(=O)N(CN1CCN(c3ccc(F)cc3)CC1)C2=O. The number of urea groups is 1. The number of halogens is 1. The summed E-state index contributed by atoms with van der Waals surface area (Å²) in [6.45, 7) is 7.58. The zero-order valence-electron chi connectivity index (χ0n) is 16.7. The summed E-state index contributed by atoms with van der Waals surface area (Å²) in [5, 5.41) is 3.06. The Balaban J connectivity index is 1.39. The number of imide groups is 1. The van der Waals surface area contributed by atoms with E-state index in [9.17, 15) is 14.0 Å². The fourth-order valence-corrected chi connectivity index (χ4v) is 5.08. The van der Waals surface area contributed by atoms with E-state index in [2.05, 4.69) is 29.0 Å². The fourth-order valence-electron chi connectivity index (χ4n) is 5.08. The summed E-state index contributed by atoms with van der Waals surface area (Å²) < 4.78 is 13.1. The van der Waals surface area contributed by atoms with Gasteiger partial charge in [-0.3, -0.25) is 9.69 Å². The first kappa shape index (κ1) is 19.2. The second kappa shape index (κ2) is 7.35. The van der Waals surface area contributed by atoms with Crippen molar-refractivity contribution in [1.82, 2.24) is 15.1 Å². The highest BCUT2D eigenvalue weighted by atomic mass is 19.1. The zero-order valence-corrected chi connectivity index (χ0v) is 16.7. The van der Waals surface area contributed by atoms with E-state index in [4.69, 9.17) is 0 Å². The molecular formula is C21H29FN4O2. The molecule has 1 aromatic rings. The van der Waals surface area contributed by atoms with Crippen LogP contribution < -0.4 is 10.2 Å². The van der Waals surface area contributed by atoms with Crippen LogP contribution in [0.5, 0.6) is 0 Å². The number of rotatable bonds is 3. The molecule has 1 spiro atoms. The number of carbonyl (C=O) groups excluding carboxylic acids is 2. The van der Waals surface area contributed by atoms with Crippen LogP contribution in [0.4, 0.5) is 14.9 Å². The predicted molar refractivity (Wildman–Crippen MR) is 105 cm³/mol.